The molecule has 2 N–H and O–H groups in total. The first kappa shape index (κ1) is 38.7. The summed E-state index contributed by atoms with van der Waals surface area (Å²) in [5.74, 6) is -1.63. The average Bonchev–Trinajstić information content (AvgIpc) is 3.82. The molecule has 0 bridgehead atoms. The fourth-order valence-electron chi connectivity index (χ4n) is 4.98. The summed E-state index contributed by atoms with van der Waals surface area (Å²) in [4.78, 5) is 49.9. The Labute approximate surface area is 293 Å². The van der Waals surface area contributed by atoms with Crippen molar-refractivity contribution in [2.75, 3.05) is 11.9 Å². The number of carbonyl (C=O) groups excluding carboxylic acids is 3. The molecule has 16 heteroatoms. The van der Waals surface area contributed by atoms with Gasteiger partial charge in [0.2, 0.25) is 21.9 Å². The maximum atomic E-state index is 12.9. The summed E-state index contributed by atoms with van der Waals surface area (Å²) < 4.78 is 69.3. The maximum absolute atomic E-state index is 12.9. The number of nitrogens with zero attached hydrogens (tertiary/aromatic N) is 3. The molecule has 1 heterocycles. The first-order chi connectivity index (χ1) is 23.4. The normalized spacial score (nSPS) is 14.6. The van der Waals surface area contributed by atoms with E-state index in [-0.39, 0.29) is 49.0 Å². The molecule has 0 radical (unpaired) electrons. The first-order valence-electron chi connectivity index (χ1n) is 16.1. The second-order valence-electron chi connectivity index (χ2n) is 12.7. The SMILES string of the molecule is CC(C)S(=O)(=O)NC(=O)[C@H](C)CC(=O)CCCCC(=O)c1ccc(Cc2nc(NC3(c4ccc(Cl)cc4)CC3)nc(OCC(F)(F)F)n2)cc1. The van der Waals surface area contributed by atoms with Crippen molar-refractivity contribution in [2.24, 2.45) is 5.92 Å². The number of hydrogen-bond acceptors (Lipinski definition) is 10. The Kier molecular flexibility index (Phi) is 12.6. The monoisotopic (exact) mass is 737 g/mol. The molecule has 1 aliphatic carbocycles. The minimum atomic E-state index is -4.59. The van der Waals surface area contributed by atoms with Gasteiger partial charge in [-0.2, -0.15) is 28.1 Å². The van der Waals surface area contributed by atoms with Crippen LogP contribution in [0.2, 0.25) is 5.02 Å². The number of carbonyl (C=O) groups is 3. The van der Waals surface area contributed by atoms with Gasteiger partial charge in [-0.25, -0.2) is 8.42 Å². The van der Waals surface area contributed by atoms with Crippen LogP contribution < -0.4 is 14.8 Å². The van der Waals surface area contributed by atoms with Crippen LogP contribution >= 0.6 is 11.6 Å². The van der Waals surface area contributed by atoms with Crippen LogP contribution in [0.4, 0.5) is 19.1 Å². The number of ether oxygens (including phenoxy) is 1. The van der Waals surface area contributed by atoms with E-state index in [0.717, 1.165) is 18.4 Å². The Morgan fingerprint density at radius 1 is 0.940 bits per heavy atom. The van der Waals surface area contributed by atoms with Crippen molar-refractivity contribution in [3.8, 4) is 6.01 Å². The van der Waals surface area contributed by atoms with Gasteiger partial charge in [-0.15, -0.1) is 0 Å². The number of ketones is 2. The minimum absolute atomic E-state index is 0.0710. The molecule has 3 aromatic rings. The van der Waals surface area contributed by atoms with Gasteiger partial charge in [-0.1, -0.05) is 54.9 Å². The maximum Gasteiger partial charge on any atom is 0.422 e. The highest BCUT2D eigenvalue weighted by atomic mass is 35.5. The van der Waals surface area contributed by atoms with Crippen LogP contribution in [0, 0.1) is 5.92 Å². The summed E-state index contributed by atoms with van der Waals surface area (Å²) in [6, 6.07) is 13.4. The van der Waals surface area contributed by atoms with Crippen LogP contribution in [0.3, 0.4) is 0 Å². The van der Waals surface area contributed by atoms with Crippen molar-refractivity contribution in [1.29, 1.82) is 0 Å². The Morgan fingerprint density at radius 2 is 1.58 bits per heavy atom. The molecular formula is C34H39ClF3N5O6S. The number of hydrogen-bond donors (Lipinski definition) is 2. The molecular weight excluding hydrogens is 699 g/mol. The molecule has 50 heavy (non-hydrogen) atoms. The lowest BCUT2D eigenvalue weighted by Gasteiger charge is -2.19. The van der Waals surface area contributed by atoms with Crippen molar-refractivity contribution in [3.63, 3.8) is 0 Å². The number of anilines is 1. The Morgan fingerprint density at radius 3 is 2.18 bits per heavy atom. The Hall–Kier alpha value is -4.11. The molecule has 0 unspecified atom stereocenters. The molecule has 1 aliphatic rings. The molecule has 1 fully saturated rings. The topological polar surface area (TPSA) is 157 Å². The van der Waals surface area contributed by atoms with Gasteiger partial charge in [0.1, 0.15) is 11.6 Å². The van der Waals surface area contributed by atoms with E-state index in [1.165, 1.54) is 20.8 Å². The highest BCUT2D eigenvalue weighted by Crippen LogP contribution is 2.48. The number of halogens is 4. The van der Waals surface area contributed by atoms with E-state index < -0.39 is 51.4 Å². The third-order valence-corrected chi connectivity index (χ3v) is 10.1. The van der Waals surface area contributed by atoms with E-state index in [4.69, 9.17) is 16.3 Å². The summed E-state index contributed by atoms with van der Waals surface area (Å²) in [6.45, 7) is 2.81. The van der Waals surface area contributed by atoms with Crippen molar-refractivity contribution < 1.29 is 40.7 Å². The standard InChI is InChI=1S/C34H39ClF3N5O6S/c1-21(2)50(47,48)43-30(46)22(3)18-27(44)6-4-5-7-28(45)24-10-8-23(9-11-24)19-29-39-31(41-32(40-29)49-20-34(36,37)38)42-33(16-17-33)25-12-14-26(35)15-13-25/h8-15,21-22H,4-7,16-20H2,1-3H3,(H,43,46)(H,39,40,41,42)/t22-/m1/s1. The zero-order valence-electron chi connectivity index (χ0n) is 27.8. The minimum Gasteiger partial charge on any atom is -0.454 e. The van der Waals surface area contributed by atoms with Gasteiger partial charge in [0.25, 0.3) is 0 Å². The second-order valence-corrected chi connectivity index (χ2v) is 15.4. The second kappa shape index (κ2) is 16.3. The number of alkyl halides is 3. The van der Waals surface area contributed by atoms with Crippen molar-refractivity contribution >= 4 is 45.0 Å². The molecule has 1 atom stereocenters. The lowest BCUT2D eigenvalue weighted by molar-refractivity contribution is -0.154. The molecule has 4 rings (SSSR count). The number of aromatic nitrogens is 3. The van der Waals surface area contributed by atoms with Gasteiger partial charge < -0.3 is 10.1 Å². The van der Waals surface area contributed by atoms with Crippen LogP contribution in [-0.2, 0) is 31.6 Å². The number of rotatable bonds is 18. The molecule has 1 amide bonds. The van der Waals surface area contributed by atoms with Crippen molar-refractivity contribution in [2.45, 2.75) is 89.1 Å². The molecule has 2 aromatic carbocycles. The first-order valence-corrected chi connectivity index (χ1v) is 18.1. The van der Waals surface area contributed by atoms with Crippen molar-refractivity contribution in [1.82, 2.24) is 19.7 Å². The van der Waals surface area contributed by atoms with Crippen LogP contribution in [0.1, 0.15) is 93.0 Å². The number of Topliss-reactive ketones (excluding diaryl/α,β-unsaturated/α-hetero) is 2. The van der Waals surface area contributed by atoms with Crippen LogP contribution in [0.25, 0.3) is 0 Å². The summed E-state index contributed by atoms with van der Waals surface area (Å²) in [5, 5.41) is 3.03. The number of amides is 1. The lowest BCUT2D eigenvalue weighted by atomic mass is 9.98. The number of benzene rings is 2. The average molecular weight is 738 g/mol. The molecule has 270 valence electrons. The third-order valence-electron chi connectivity index (χ3n) is 8.12. The summed E-state index contributed by atoms with van der Waals surface area (Å²) in [6.07, 6.45) is -1.85. The number of sulfonamides is 1. The van der Waals surface area contributed by atoms with Crippen molar-refractivity contribution in [3.05, 3.63) is 76.1 Å². The lowest BCUT2D eigenvalue weighted by Crippen LogP contribution is -2.39. The van der Waals surface area contributed by atoms with E-state index in [1.54, 1.807) is 36.4 Å². The van der Waals surface area contributed by atoms with Gasteiger partial charge in [-0.3, -0.25) is 19.1 Å². The van der Waals surface area contributed by atoms with Crippen LogP contribution in [-0.4, -0.2) is 58.9 Å². The molecule has 1 aromatic heterocycles. The van der Waals surface area contributed by atoms with Gasteiger partial charge in [-0.05, 0) is 62.8 Å². The predicted molar refractivity (Wildman–Crippen MR) is 180 cm³/mol. The zero-order valence-corrected chi connectivity index (χ0v) is 29.4. The van der Waals surface area contributed by atoms with E-state index in [2.05, 4.69) is 20.3 Å². The van der Waals surface area contributed by atoms with Crippen LogP contribution in [0.15, 0.2) is 48.5 Å². The van der Waals surface area contributed by atoms with Gasteiger partial charge in [0, 0.05) is 42.2 Å². The Bertz CT molecular complexity index is 1780. The molecule has 0 aliphatic heterocycles. The summed E-state index contributed by atoms with van der Waals surface area (Å²) >= 11 is 6.02. The fourth-order valence-corrected chi connectivity index (χ4v) is 5.82. The highest BCUT2D eigenvalue weighted by molar-refractivity contribution is 7.90. The van der Waals surface area contributed by atoms with E-state index >= 15 is 0 Å². The van der Waals surface area contributed by atoms with Crippen LogP contribution in [0.5, 0.6) is 6.01 Å². The van der Waals surface area contributed by atoms with Gasteiger partial charge in [0.05, 0.1) is 10.8 Å². The zero-order chi connectivity index (χ0) is 36.7. The fraction of sp³-hybridized carbons (Fsp3) is 0.471. The highest BCUT2D eigenvalue weighted by Gasteiger charge is 2.45. The van der Waals surface area contributed by atoms with E-state index in [1.807, 2.05) is 16.9 Å². The smallest absolute Gasteiger partial charge is 0.422 e. The summed E-state index contributed by atoms with van der Waals surface area (Å²) in [7, 11) is -3.78. The van der Waals surface area contributed by atoms with E-state index in [0.29, 0.717) is 29.0 Å². The molecule has 0 spiro atoms. The Balaban J connectivity index is 1.31. The number of unbranched alkanes of at least 4 members (excludes halogenated alkanes) is 1. The number of nitrogens with one attached hydrogen (secondary N) is 2. The van der Waals surface area contributed by atoms with E-state index in [9.17, 15) is 36.0 Å². The molecule has 0 saturated heterocycles. The van der Waals surface area contributed by atoms with Gasteiger partial charge >= 0.3 is 12.2 Å². The third kappa shape index (κ3) is 11.5. The predicted octanol–water partition coefficient (Wildman–Crippen LogP) is 6.35. The quantitative estimate of drug-likeness (QED) is 0.111. The van der Waals surface area contributed by atoms with Gasteiger partial charge in [0.15, 0.2) is 12.4 Å². The largest absolute Gasteiger partial charge is 0.454 e. The summed E-state index contributed by atoms with van der Waals surface area (Å²) in [5.41, 5.74) is 1.59. The molecule has 1 saturated carbocycles. The molecule has 11 nitrogen and oxygen atoms in total.